The summed E-state index contributed by atoms with van der Waals surface area (Å²) in [4.78, 5) is 0. The van der Waals surface area contributed by atoms with Gasteiger partial charge in [-0.05, 0) is 42.4 Å². The molecule has 1 aliphatic rings. The first-order valence-corrected chi connectivity index (χ1v) is 6.57. The molecule has 0 spiro atoms. The molecule has 1 fully saturated rings. The van der Waals surface area contributed by atoms with Crippen LogP contribution in [0.25, 0.3) is 0 Å². The van der Waals surface area contributed by atoms with E-state index in [9.17, 15) is 0 Å². The van der Waals surface area contributed by atoms with E-state index in [0.717, 1.165) is 18.5 Å². The van der Waals surface area contributed by atoms with Crippen LogP contribution >= 0.6 is 11.6 Å². The van der Waals surface area contributed by atoms with Crippen LogP contribution in [0, 0.1) is 16.7 Å². The minimum absolute atomic E-state index is 0.263. The maximum Gasteiger partial charge on any atom is 0.0992 e. The third kappa shape index (κ3) is 3.23. The van der Waals surface area contributed by atoms with Gasteiger partial charge in [-0.3, -0.25) is 0 Å². The van der Waals surface area contributed by atoms with E-state index >= 15 is 0 Å². The molecule has 1 aromatic rings. The number of halogens is 1. The molecule has 0 aromatic heterocycles. The van der Waals surface area contributed by atoms with Crippen LogP contribution in [0.4, 0.5) is 0 Å². The summed E-state index contributed by atoms with van der Waals surface area (Å²) in [6, 6.07) is 7.43. The molecule has 0 bridgehead atoms. The Labute approximate surface area is 112 Å². The van der Waals surface area contributed by atoms with Gasteiger partial charge in [-0.25, -0.2) is 0 Å². The highest BCUT2D eigenvalue weighted by Gasteiger charge is 2.41. The van der Waals surface area contributed by atoms with Gasteiger partial charge in [0.25, 0.3) is 0 Å². The number of aliphatic hydroxyl groups is 1. The number of nitriles is 1. The fraction of sp³-hybridized carbons (Fsp3) is 0.500. The van der Waals surface area contributed by atoms with Crippen molar-refractivity contribution < 1.29 is 5.11 Å². The number of nitrogens with one attached hydrogen (secondary N) is 1. The van der Waals surface area contributed by atoms with Crippen molar-refractivity contribution in [1.82, 2.24) is 5.32 Å². The fourth-order valence-electron chi connectivity index (χ4n) is 2.15. The lowest BCUT2D eigenvalue weighted by Gasteiger charge is -2.15. The summed E-state index contributed by atoms with van der Waals surface area (Å²) in [5.41, 5.74) is 1.91. The molecule has 4 heteroatoms. The molecule has 96 valence electrons. The van der Waals surface area contributed by atoms with E-state index in [4.69, 9.17) is 22.0 Å². The predicted octanol–water partition coefficient (Wildman–Crippen LogP) is 2.46. The SMILES string of the molecule is N#Cc1ccc(CNCC2(CCO)CC2)c(Cl)c1. The van der Waals surface area contributed by atoms with Crippen molar-refractivity contribution in [3.63, 3.8) is 0 Å². The van der Waals surface area contributed by atoms with Crippen molar-refractivity contribution >= 4 is 11.6 Å². The third-order valence-corrected chi connectivity index (χ3v) is 3.95. The van der Waals surface area contributed by atoms with Crippen molar-refractivity contribution in [1.29, 1.82) is 5.26 Å². The lowest BCUT2D eigenvalue weighted by molar-refractivity contribution is 0.245. The number of rotatable bonds is 6. The minimum atomic E-state index is 0.263. The van der Waals surface area contributed by atoms with Crippen LogP contribution in [0.15, 0.2) is 18.2 Å². The maximum absolute atomic E-state index is 8.98. The van der Waals surface area contributed by atoms with Crippen molar-refractivity contribution in [3.8, 4) is 6.07 Å². The van der Waals surface area contributed by atoms with Crippen molar-refractivity contribution in [2.45, 2.75) is 25.8 Å². The molecule has 2 rings (SSSR count). The van der Waals surface area contributed by atoms with Crippen LogP contribution in [-0.2, 0) is 6.54 Å². The van der Waals surface area contributed by atoms with E-state index < -0.39 is 0 Å². The zero-order chi connectivity index (χ0) is 13.0. The molecule has 18 heavy (non-hydrogen) atoms. The molecule has 3 nitrogen and oxygen atoms in total. The summed E-state index contributed by atoms with van der Waals surface area (Å²) in [5.74, 6) is 0. The first kappa shape index (κ1) is 13.4. The number of nitrogens with zero attached hydrogens (tertiary/aromatic N) is 1. The van der Waals surface area contributed by atoms with Gasteiger partial charge < -0.3 is 10.4 Å². The van der Waals surface area contributed by atoms with Crippen LogP contribution < -0.4 is 5.32 Å². The van der Waals surface area contributed by atoms with E-state index in [1.165, 1.54) is 12.8 Å². The number of hydrogen-bond acceptors (Lipinski definition) is 3. The molecule has 0 heterocycles. The average molecular weight is 265 g/mol. The predicted molar refractivity (Wildman–Crippen MR) is 71.2 cm³/mol. The molecule has 0 atom stereocenters. The van der Waals surface area contributed by atoms with Gasteiger partial charge in [-0.1, -0.05) is 17.7 Å². The van der Waals surface area contributed by atoms with E-state index in [1.54, 1.807) is 12.1 Å². The second-order valence-electron chi connectivity index (χ2n) is 5.00. The third-order valence-electron chi connectivity index (χ3n) is 3.60. The Morgan fingerprint density at radius 2 is 2.22 bits per heavy atom. The molecule has 0 unspecified atom stereocenters. The molecule has 2 N–H and O–H groups in total. The van der Waals surface area contributed by atoms with Crippen LogP contribution in [0.3, 0.4) is 0 Å². The average Bonchev–Trinajstić information content (AvgIpc) is 3.12. The van der Waals surface area contributed by atoms with E-state index in [-0.39, 0.29) is 6.61 Å². The molecule has 0 amide bonds. The first-order valence-electron chi connectivity index (χ1n) is 6.19. The summed E-state index contributed by atoms with van der Waals surface area (Å²) in [7, 11) is 0. The minimum Gasteiger partial charge on any atom is -0.396 e. The zero-order valence-electron chi connectivity index (χ0n) is 10.2. The Bertz CT molecular complexity index is 463. The molecule has 0 radical (unpaired) electrons. The normalized spacial score (nSPS) is 16.3. The number of hydrogen-bond donors (Lipinski definition) is 2. The van der Waals surface area contributed by atoms with Crippen molar-refractivity contribution in [3.05, 3.63) is 34.3 Å². The molecule has 1 aromatic carbocycles. The van der Waals surface area contributed by atoms with Gasteiger partial charge in [-0.15, -0.1) is 0 Å². The highest BCUT2D eigenvalue weighted by molar-refractivity contribution is 6.31. The maximum atomic E-state index is 8.98. The van der Waals surface area contributed by atoms with Gasteiger partial charge in [-0.2, -0.15) is 5.26 Å². The summed E-state index contributed by atoms with van der Waals surface area (Å²) in [6.07, 6.45) is 3.27. The fourth-order valence-corrected chi connectivity index (χ4v) is 2.40. The zero-order valence-corrected chi connectivity index (χ0v) is 11.0. The van der Waals surface area contributed by atoms with E-state index in [0.29, 0.717) is 22.5 Å². The van der Waals surface area contributed by atoms with E-state index in [1.807, 2.05) is 6.07 Å². The summed E-state index contributed by atoms with van der Waals surface area (Å²) in [5, 5.41) is 21.8. The lowest BCUT2D eigenvalue weighted by atomic mass is 10.0. The topological polar surface area (TPSA) is 56.0 Å². The Hall–Kier alpha value is -1.08. The molecule has 1 aliphatic carbocycles. The Morgan fingerprint density at radius 3 is 2.78 bits per heavy atom. The van der Waals surface area contributed by atoms with Crippen molar-refractivity contribution in [2.24, 2.45) is 5.41 Å². The van der Waals surface area contributed by atoms with Crippen LogP contribution in [0.1, 0.15) is 30.4 Å². The lowest BCUT2D eigenvalue weighted by Crippen LogP contribution is -2.24. The Kier molecular flexibility index (Phi) is 4.23. The quantitative estimate of drug-likeness (QED) is 0.830. The Morgan fingerprint density at radius 1 is 1.44 bits per heavy atom. The highest BCUT2D eigenvalue weighted by atomic mass is 35.5. The van der Waals surface area contributed by atoms with Gasteiger partial charge in [0, 0.05) is 24.7 Å². The van der Waals surface area contributed by atoms with Gasteiger partial charge in [0.1, 0.15) is 0 Å². The second-order valence-corrected chi connectivity index (χ2v) is 5.40. The van der Waals surface area contributed by atoms with Gasteiger partial charge in [0.2, 0.25) is 0 Å². The van der Waals surface area contributed by atoms with E-state index in [2.05, 4.69) is 11.4 Å². The smallest absolute Gasteiger partial charge is 0.0992 e. The second kappa shape index (κ2) is 5.71. The standard InChI is InChI=1S/C14H17ClN2O/c15-13-7-11(8-16)1-2-12(13)9-17-10-14(3-4-14)5-6-18/h1-2,7,17-18H,3-6,9-10H2. The summed E-state index contributed by atoms with van der Waals surface area (Å²) < 4.78 is 0. The largest absolute Gasteiger partial charge is 0.396 e. The summed E-state index contributed by atoms with van der Waals surface area (Å²) in [6.45, 7) is 1.89. The molecule has 0 aliphatic heterocycles. The van der Waals surface area contributed by atoms with Crippen LogP contribution in [0.5, 0.6) is 0 Å². The molecular weight excluding hydrogens is 248 g/mol. The molecular formula is C14H17ClN2O. The van der Waals surface area contributed by atoms with Crippen LogP contribution in [-0.4, -0.2) is 18.3 Å². The van der Waals surface area contributed by atoms with Gasteiger partial charge in [0.05, 0.1) is 11.6 Å². The highest BCUT2D eigenvalue weighted by Crippen LogP contribution is 2.47. The Balaban J connectivity index is 1.86. The monoisotopic (exact) mass is 264 g/mol. The summed E-state index contributed by atoms with van der Waals surface area (Å²) >= 11 is 6.10. The molecule has 0 saturated heterocycles. The van der Waals surface area contributed by atoms with Gasteiger partial charge in [0.15, 0.2) is 0 Å². The molecule has 1 saturated carbocycles. The van der Waals surface area contributed by atoms with Crippen LogP contribution in [0.2, 0.25) is 5.02 Å². The van der Waals surface area contributed by atoms with Gasteiger partial charge >= 0.3 is 0 Å². The number of aliphatic hydroxyl groups excluding tert-OH is 1. The number of benzene rings is 1. The van der Waals surface area contributed by atoms with Crippen molar-refractivity contribution in [2.75, 3.05) is 13.2 Å². The first-order chi connectivity index (χ1) is 8.69.